The van der Waals surface area contributed by atoms with E-state index in [0.717, 1.165) is 38.0 Å². The highest BCUT2D eigenvalue weighted by molar-refractivity contribution is 5.93. The van der Waals surface area contributed by atoms with Crippen LogP contribution in [0.25, 0.3) is 0 Å². The summed E-state index contributed by atoms with van der Waals surface area (Å²) in [5.74, 6) is -2.60. The maximum absolute atomic E-state index is 12.7. The molecule has 8 heteroatoms. The highest BCUT2D eigenvalue weighted by atomic mass is 16.5. The molecule has 1 amide bonds. The van der Waals surface area contributed by atoms with Gasteiger partial charge in [-0.15, -0.1) is 0 Å². The molecule has 32 heavy (non-hydrogen) atoms. The van der Waals surface area contributed by atoms with E-state index >= 15 is 0 Å². The first-order valence-electron chi connectivity index (χ1n) is 10.8. The minimum atomic E-state index is -1.20. The number of hydrogen-bond donors (Lipinski definition) is 3. The summed E-state index contributed by atoms with van der Waals surface area (Å²) in [4.78, 5) is 38.7. The van der Waals surface area contributed by atoms with E-state index in [0.29, 0.717) is 11.1 Å². The summed E-state index contributed by atoms with van der Waals surface area (Å²) in [6.07, 6.45) is 3.10. The standard InChI is InChI=1S/C24H28N2O6/c1-2-32-24(31)18-11-10-16(14-20(18)27)15-21(28)25-22(23(29)30)17-8-4-5-9-19(17)26-12-6-3-7-13-26/h4-5,8-11,14,22,27H,2-3,6-7,12-13,15H2,1H3,(H,25,28)(H,29,30). The summed E-state index contributed by atoms with van der Waals surface area (Å²) in [6, 6.07) is 10.3. The number of anilines is 1. The van der Waals surface area contributed by atoms with E-state index < -0.39 is 23.9 Å². The Hall–Kier alpha value is -3.55. The van der Waals surface area contributed by atoms with Gasteiger partial charge in [0.25, 0.3) is 0 Å². The number of carbonyl (C=O) groups is 3. The van der Waals surface area contributed by atoms with Crippen LogP contribution in [0.2, 0.25) is 0 Å². The highest BCUT2D eigenvalue weighted by Gasteiger charge is 2.27. The number of esters is 1. The fourth-order valence-corrected chi connectivity index (χ4v) is 3.89. The van der Waals surface area contributed by atoms with E-state index in [1.165, 1.54) is 18.2 Å². The molecule has 1 unspecified atom stereocenters. The maximum Gasteiger partial charge on any atom is 0.341 e. The highest BCUT2D eigenvalue weighted by Crippen LogP contribution is 2.29. The molecule has 1 aliphatic rings. The Morgan fingerprint density at radius 3 is 2.47 bits per heavy atom. The number of benzene rings is 2. The molecule has 3 rings (SSSR count). The molecule has 8 nitrogen and oxygen atoms in total. The first-order chi connectivity index (χ1) is 15.4. The van der Waals surface area contributed by atoms with E-state index in [1.54, 1.807) is 19.1 Å². The number of carbonyl (C=O) groups excluding carboxylic acids is 2. The Balaban J connectivity index is 1.75. The van der Waals surface area contributed by atoms with Gasteiger partial charge in [0.05, 0.1) is 13.0 Å². The molecule has 2 aromatic carbocycles. The largest absolute Gasteiger partial charge is 0.507 e. The number of nitrogens with zero attached hydrogens (tertiary/aromatic N) is 1. The number of nitrogens with one attached hydrogen (secondary N) is 1. The van der Waals surface area contributed by atoms with Crippen LogP contribution in [0.15, 0.2) is 42.5 Å². The zero-order valence-corrected chi connectivity index (χ0v) is 18.0. The molecule has 0 saturated carbocycles. The quantitative estimate of drug-likeness (QED) is 0.540. The number of piperidine rings is 1. The number of phenolic OH excluding ortho intramolecular Hbond substituents is 1. The number of ether oxygens (including phenoxy) is 1. The number of hydrogen-bond acceptors (Lipinski definition) is 6. The molecule has 3 N–H and O–H groups in total. The third kappa shape index (κ3) is 5.57. The van der Waals surface area contributed by atoms with Crippen molar-refractivity contribution < 1.29 is 29.3 Å². The average molecular weight is 440 g/mol. The van der Waals surface area contributed by atoms with Gasteiger partial charge in [-0.2, -0.15) is 0 Å². The number of para-hydroxylation sites is 1. The van der Waals surface area contributed by atoms with Crippen molar-refractivity contribution in [3.8, 4) is 5.75 Å². The summed E-state index contributed by atoms with van der Waals surface area (Å²) >= 11 is 0. The maximum atomic E-state index is 12.7. The molecule has 0 aliphatic carbocycles. The molecular formula is C24H28N2O6. The average Bonchev–Trinajstić information content (AvgIpc) is 2.78. The lowest BCUT2D eigenvalue weighted by Gasteiger charge is -2.32. The minimum absolute atomic E-state index is 0.00915. The molecule has 0 spiro atoms. The number of phenols is 1. The summed E-state index contributed by atoms with van der Waals surface area (Å²) in [7, 11) is 0. The van der Waals surface area contributed by atoms with Crippen LogP contribution in [-0.4, -0.2) is 47.8 Å². The van der Waals surface area contributed by atoms with E-state index in [1.807, 2.05) is 12.1 Å². The molecule has 1 atom stereocenters. The smallest absolute Gasteiger partial charge is 0.341 e. The van der Waals surface area contributed by atoms with Crippen LogP contribution in [-0.2, 0) is 20.7 Å². The summed E-state index contributed by atoms with van der Waals surface area (Å²) in [6.45, 7) is 3.54. The van der Waals surface area contributed by atoms with Gasteiger partial charge in [0, 0.05) is 24.3 Å². The summed E-state index contributed by atoms with van der Waals surface area (Å²) < 4.78 is 4.87. The number of carboxylic acid groups (broad SMARTS) is 1. The van der Waals surface area contributed by atoms with Gasteiger partial charge in [-0.05, 0) is 49.9 Å². The van der Waals surface area contributed by atoms with Gasteiger partial charge >= 0.3 is 11.9 Å². The molecule has 0 bridgehead atoms. The molecule has 170 valence electrons. The van der Waals surface area contributed by atoms with Crippen LogP contribution in [0, 0.1) is 0 Å². The fraction of sp³-hybridized carbons (Fsp3) is 0.375. The lowest BCUT2D eigenvalue weighted by molar-refractivity contribution is -0.141. The van der Waals surface area contributed by atoms with Crippen LogP contribution in [0.1, 0.15) is 53.7 Å². The molecular weight excluding hydrogens is 412 g/mol. The second kappa shape index (κ2) is 10.7. The van der Waals surface area contributed by atoms with Crippen molar-refractivity contribution >= 4 is 23.5 Å². The van der Waals surface area contributed by atoms with Gasteiger partial charge in [-0.3, -0.25) is 4.79 Å². The van der Waals surface area contributed by atoms with E-state index in [2.05, 4.69) is 10.2 Å². The van der Waals surface area contributed by atoms with Crippen molar-refractivity contribution in [1.29, 1.82) is 0 Å². The van der Waals surface area contributed by atoms with Crippen molar-refractivity contribution in [2.24, 2.45) is 0 Å². The van der Waals surface area contributed by atoms with Crippen molar-refractivity contribution in [1.82, 2.24) is 5.32 Å². The van der Waals surface area contributed by atoms with E-state index in [4.69, 9.17) is 4.74 Å². The zero-order valence-electron chi connectivity index (χ0n) is 18.0. The molecule has 0 aromatic heterocycles. The topological polar surface area (TPSA) is 116 Å². The van der Waals surface area contributed by atoms with Gasteiger partial charge in [0.2, 0.25) is 5.91 Å². The third-order valence-electron chi connectivity index (χ3n) is 5.42. The van der Waals surface area contributed by atoms with Crippen molar-refractivity contribution in [3.63, 3.8) is 0 Å². The van der Waals surface area contributed by atoms with Gasteiger partial charge < -0.3 is 25.2 Å². The second-order valence-electron chi connectivity index (χ2n) is 7.69. The molecule has 1 aliphatic heterocycles. The van der Waals surface area contributed by atoms with Crippen LogP contribution in [0.4, 0.5) is 5.69 Å². The fourth-order valence-electron chi connectivity index (χ4n) is 3.89. The molecule has 1 heterocycles. The number of rotatable bonds is 8. The number of carboxylic acids is 1. The first kappa shape index (κ1) is 23.1. The van der Waals surface area contributed by atoms with Crippen molar-refractivity contribution in [3.05, 3.63) is 59.2 Å². The predicted octanol–water partition coefficient (Wildman–Crippen LogP) is 3.04. The molecule has 1 fully saturated rings. The minimum Gasteiger partial charge on any atom is -0.507 e. The van der Waals surface area contributed by atoms with Crippen LogP contribution in [0.3, 0.4) is 0 Å². The van der Waals surface area contributed by atoms with Crippen molar-refractivity contribution in [2.45, 2.75) is 38.6 Å². The summed E-state index contributed by atoms with van der Waals surface area (Å²) in [5, 5.41) is 22.5. The Morgan fingerprint density at radius 1 is 1.09 bits per heavy atom. The van der Waals surface area contributed by atoms with E-state index in [9.17, 15) is 24.6 Å². The van der Waals surface area contributed by atoms with Crippen LogP contribution < -0.4 is 10.2 Å². The van der Waals surface area contributed by atoms with E-state index in [-0.39, 0.29) is 24.3 Å². The van der Waals surface area contributed by atoms with Gasteiger partial charge in [0.1, 0.15) is 11.3 Å². The second-order valence-corrected chi connectivity index (χ2v) is 7.69. The summed E-state index contributed by atoms with van der Waals surface area (Å²) in [5.41, 5.74) is 1.81. The lowest BCUT2D eigenvalue weighted by Crippen LogP contribution is -2.37. The first-order valence-corrected chi connectivity index (χ1v) is 10.8. The number of aromatic hydroxyl groups is 1. The van der Waals surface area contributed by atoms with Gasteiger partial charge in [-0.1, -0.05) is 24.3 Å². The van der Waals surface area contributed by atoms with Crippen LogP contribution in [0.5, 0.6) is 5.75 Å². The van der Waals surface area contributed by atoms with Crippen LogP contribution >= 0.6 is 0 Å². The Bertz CT molecular complexity index is 984. The molecule has 0 radical (unpaired) electrons. The van der Waals surface area contributed by atoms with Gasteiger partial charge in [-0.25, -0.2) is 9.59 Å². The number of amides is 1. The molecule has 1 saturated heterocycles. The normalized spacial score (nSPS) is 14.5. The Morgan fingerprint density at radius 2 is 1.81 bits per heavy atom. The van der Waals surface area contributed by atoms with Crippen molar-refractivity contribution in [2.75, 3.05) is 24.6 Å². The van der Waals surface area contributed by atoms with Gasteiger partial charge in [0.15, 0.2) is 6.04 Å². The Labute approximate surface area is 186 Å². The lowest BCUT2D eigenvalue weighted by atomic mass is 10.0. The SMILES string of the molecule is CCOC(=O)c1ccc(CC(=O)NC(C(=O)O)c2ccccc2N2CCCCC2)cc1O. The monoisotopic (exact) mass is 440 g/mol. The Kier molecular flexibility index (Phi) is 7.70. The number of aliphatic carboxylic acids is 1. The molecule has 2 aromatic rings. The third-order valence-corrected chi connectivity index (χ3v) is 5.42. The predicted molar refractivity (Wildman–Crippen MR) is 119 cm³/mol. The zero-order chi connectivity index (χ0) is 23.1.